The van der Waals surface area contributed by atoms with E-state index in [1.807, 2.05) is 62.4 Å². The van der Waals surface area contributed by atoms with Crippen LogP contribution < -0.4 is 5.43 Å². The van der Waals surface area contributed by atoms with Crippen LogP contribution >= 0.6 is 23.1 Å². The molecule has 1 N–H and O–H groups in total. The van der Waals surface area contributed by atoms with Gasteiger partial charge < -0.3 is 0 Å². The predicted molar refractivity (Wildman–Crippen MR) is 111 cm³/mol. The summed E-state index contributed by atoms with van der Waals surface area (Å²) in [5.74, 6) is -0.0846. The summed E-state index contributed by atoms with van der Waals surface area (Å²) in [6, 6.07) is 17.9. The lowest BCUT2D eigenvalue weighted by Crippen LogP contribution is -2.29. The molecule has 134 valence electrons. The Morgan fingerprint density at radius 3 is 2.58 bits per heavy atom. The summed E-state index contributed by atoms with van der Waals surface area (Å²) in [5.41, 5.74) is 5.62. The zero-order valence-corrected chi connectivity index (χ0v) is 16.4. The number of aromatic nitrogens is 1. The fourth-order valence-corrected chi connectivity index (χ4v) is 4.75. The highest BCUT2D eigenvalue weighted by molar-refractivity contribution is 8.02. The first-order chi connectivity index (χ1) is 12.7. The first-order valence-corrected chi connectivity index (χ1v) is 10.3. The van der Waals surface area contributed by atoms with Gasteiger partial charge in [0.25, 0.3) is 5.91 Å². The fourth-order valence-electron chi connectivity index (χ4n) is 2.52. The molecule has 3 aromatic rings. The van der Waals surface area contributed by atoms with Crippen LogP contribution in [0.15, 0.2) is 64.0 Å². The van der Waals surface area contributed by atoms with Crippen LogP contribution in [0.25, 0.3) is 10.2 Å². The zero-order chi connectivity index (χ0) is 18.4. The van der Waals surface area contributed by atoms with E-state index in [9.17, 15) is 4.79 Å². The van der Waals surface area contributed by atoms with E-state index in [1.165, 1.54) is 11.8 Å². The molecule has 0 saturated carbocycles. The van der Waals surface area contributed by atoms with E-state index >= 15 is 0 Å². The van der Waals surface area contributed by atoms with Crippen molar-refractivity contribution < 1.29 is 4.79 Å². The van der Waals surface area contributed by atoms with Crippen molar-refractivity contribution in [3.8, 4) is 0 Å². The summed E-state index contributed by atoms with van der Waals surface area (Å²) in [6.45, 7) is 4.04. The van der Waals surface area contributed by atoms with Crippen LogP contribution in [0.4, 0.5) is 0 Å². The molecule has 0 aliphatic rings. The second-order valence-corrected chi connectivity index (χ2v) is 8.20. The minimum atomic E-state index is -0.215. The minimum absolute atomic E-state index is 0.0846. The normalized spacial score (nSPS) is 12.9. The van der Waals surface area contributed by atoms with Crippen molar-refractivity contribution in [1.82, 2.24) is 10.4 Å². The summed E-state index contributed by atoms with van der Waals surface area (Å²) in [6.07, 6.45) is 1.47. The van der Waals surface area contributed by atoms with Crippen molar-refractivity contribution >= 4 is 44.9 Å². The lowest BCUT2D eigenvalue weighted by atomic mass is 10.1. The number of amides is 1. The van der Waals surface area contributed by atoms with Gasteiger partial charge in [-0.25, -0.2) is 10.4 Å². The van der Waals surface area contributed by atoms with Crippen LogP contribution in [0.5, 0.6) is 0 Å². The van der Waals surface area contributed by atoms with E-state index in [0.29, 0.717) is 0 Å². The van der Waals surface area contributed by atoms with Gasteiger partial charge in [0.2, 0.25) is 0 Å². The zero-order valence-electron chi connectivity index (χ0n) is 14.8. The van der Waals surface area contributed by atoms with Crippen LogP contribution in [-0.2, 0) is 4.79 Å². The van der Waals surface area contributed by atoms with E-state index < -0.39 is 0 Å². The molecule has 4 nitrogen and oxygen atoms in total. The highest BCUT2D eigenvalue weighted by Gasteiger charge is 2.20. The van der Waals surface area contributed by atoms with Crippen LogP contribution in [-0.4, -0.2) is 21.9 Å². The molecule has 0 aliphatic carbocycles. The van der Waals surface area contributed by atoms with Gasteiger partial charge in [-0.2, -0.15) is 5.10 Å². The number of fused-ring (bicyclic) bond motifs is 1. The third-order valence-corrected chi connectivity index (χ3v) is 6.42. The lowest BCUT2D eigenvalue weighted by Gasteiger charge is -2.11. The first kappa shape index (κ1) is 18.6. The number of thioether (sulfide) groups is 1. The highest BCUT2D eigenvalue weighted by atomic mass is 32.2. The van der Waals surface area contributed by atoms with Crippen molar-refractivity contribution in [1.29, 1.82) is 0 Å². The number of thiazole rings is 1. The third-order valence-electron chi connectivity index (χ3n) is 3.92. The standard InChI is InChI=1S/C20H21N3OS2/c1-3-15(14-10-6-5-7-11-14)22-23-19(24)17(4-2)25-20-21-16-12-8-9-13-18(16)26-20/h5-13,17H,3-4H2,1-2H3,(H,23,24)/t17-/m0/s1. The maximum atomic E-state index is 12.6. The molecule has 0 radical (unpaired) electrons. The molecule has 0 unspecified atom stereocenters. The lowest BCUT2D eigenvalue weighted by molar-refractivity contribution is -0.120. The number of carbonyl (C=O) groups is 1. The number of nitrogens with zero attached hydrogens (tertiary/aromatic N) is 2. The van der Waals surface area contributed by atoms with Gasteiger partial charge >= 0.3 is 0 Å². The molecule has 1 amide bonds. The maximum absolute atomic E-state index is 12.6. The third kappa shape index (κ3) is 4.51. The number of rotatable bonds is 7. The topological polar surface area (TPSA) is 54.4 Å². The Balaban J connectivity index is 1.69. The Morgan fingerprint density at radius 2 is 1.88 bits per heavy atom. The van der Waals surface area contributed by atoms with Crippen molar-refractivity contribution in [2.24, 2.45) is 5.10 Å². The van der Waals surface area contributed by atoms with Crippen LogP contribution in [0.1, 0.15) is 32.3 Å². The molecule has 26 heavy (non-hydrogen) atoms. The summed E-state index contributed by atoms with van der Waals surface area (Å²) >= 11 is 3.12. The Hall–Kier alpha value is -2.18. The van der Waals surface area contributed by atoms with Gasteiger partial charge in [0.15, 0.2) is 4.34 Å². The largest absolute Gasteiger partial charge is 0.272 e. The Labute approximate surface area is 161 Å². The number of hydrogen-bond acceptors (Lipinski definition) is 5. The van der Waals surface area contributed by atoms with Gasteiger partial charge in [-0.05, 0) is 30.5 Å². The number of nitrogens with one attached hydrogen (secondary N) is 1. The molecule has 6 heteroatoms. The van der Waals surface area contributed by atoms with Gasteiger partial charge in [-0.3, -0.25) is 4.79 Å². The molecule has 0 aliphatic heterocycles. The van der Waals surface area contributed by atoms with Gasteiger partial charge in [0.05, 0.1) is 21.2 Å². The molecule has 0 spiro atoms. The van der Waals surface area contributed by atoms with Gasteiger partial charge in [0, 0.05) is 0 Å². The van der Waals surface area contributed by atoms with Crippen LogP contribution in [0.3, 0.4) is 0 Å². The fraction of sp³-hybridized carbons (Fsp3) is 0.250. The number of benzene rings is 2. The Morgan fingerprint density at radius 1 is 1.15 bits per heavy atom. The molecule has 2 aromatic carbocycles. The number of hydrogen-bond donors (Lipinski definition) is 1. The van der Waals surface area contributed by atoms with Crippen molar-refractivity contribution in [3.05, 3.63) is 60.2 Å². The Bertz CT molecular complexity index is 873. The van der Waals surface area contributed by atoms with Crippen molar-refractivity contribution in [2.45, 2.75) is 36.3 Å². The van der Waals surface area contributed by atoms with Crippen LogP contribution in [0.2, 0.25) is 0 Å². The SMILES string of the molecule is CCC(=NNC(=O)[C@H](CC)Sc1nc2ccccc2s1)c1ccccc1. The Kier molecular flexibility index (Phi) is 6.41. The predicted octanol–water partition coefficient (Wildman–Crippen LogP) is 5.10. The molecule has 0 fully saturated rings. The van der Waals surface area contributed by atoms with Gasteiger partial charge in [-0.15, -0.1) is 11.3 Å². The minimum Gasteiger partial charge on any atom is -0.272 e. The monoisotopic (exact) mass is 383 g/mol. The number of carbonyl (C=O) groups excluding carboxylic acids is 1. The van der Waals surface area contributed by atoms with E-state index in [2.05, 4.69) is 21.6 Å². The summed E-state index contributed by atoms with van der Waals surface area (Å²) in [7, 11) is 0. The van der Waals surface area contributed by atoms with Crippen molar-refractivity contribution in [3.63, 3.8) is 0 Å². The summed E-state index contributed by atoms with van der Waals surface area (Å²) in [4.78, 5) is 17.2. The van der Waals surface area contributed by atoms with Gasteiger partial charge in [0.1, 0.15) is 0 Å². The molecule has 1 aromatic heterocycles. The highest BCUT2D eigenvalue weighted by Crippen LogP contribution is 2.33. The van der Waals surface area contributed by atoms with Crippen molar-refractivity contribution in [2.75, 3.05) is 0 Å². The number of hydrazone groups is 1. The molecule has 0 saturated heterocycles. The molecule has 3 rings (SSSR count). The van der Waals surface area contributed by atoms with Crippen LogP contribution in [0, 0.1) is 0 Å². The molecule has 1 atom stereocenters. The smallest absolute Gasteiger partial charge is 0.253 e. The second-order valence-electron chi connectivity index (χ2n) is 5.72. The van der Waals surface area contributed by atoms with Gasteiger partial charge in [-0.1, -0.05) is 68.1 Å². The average molecular weight is 384 g/mol. The number of para-hydroxylation sites is 1. The molecular formula is C20H21N3OS2. The summed E-state index contributed by atoms with van der Waals surface area (Å²) in [5, 5.41) is 4.14. The van der Waals surface area contributed by atoms with E-state index in [-0.39, 0.29) is 11.2 Å². The molecule has 0 bridgehead atoms. The van der Waals surface area contributed by atoms with E-state index in [4.69, 9.17) is 0 Å². The van der Waals surface area contributed by atoms with E-state index in [0.717, 1.165) is 38.7 Å². The summed E-state index contributed by atoms with van der Waals surface area (Å²) < 4.78 is 2.05. The average Bonchev–Trinajstić information content (AvgIpc) is 3.09. The second kappa shape index (κ2) is 8.96. The maximum Gasteiger partial charge on any atom is 0.253 e. The van der Waals surface area contributed by atoms with E-state index in [1.54, 1.807) is 11.3 Å². The molecule has 1 heterocycles. The molecular weight excluding hydrogens is 362 g/mol. The quantitative estimate of drug-likeness (QED) is 0.351. The first-order valence-electron chi connectivity index (χ1n) is 8.65.